The van der Waals surface area contributed by atoms with Crippen LogP contribution >= 0.6 is 0 Å². The number of rotatable bonds is 5. The van der Waals surface area contributed by atoms with Gasteiger partial charge in [0.25, 0.3) is 11.7 Å². The number of benzene rings is 1. The minimum atomic E-state index is -0.666. The summed E-state index contributed by atoms with van der Waals surface area (Å²) in [5.74, 6) is -1.45. The van der Waals surface area contributed by atoms with E-state index in [4.69, 9.17) is 0 Å². The summed E-state index contributed by atoms with van der Waals surface area (Å²) in [6.07, 6.45) is 1.79. The number of hydrogen-bond acceptors (Lipinski definition) is 4. The molecule has 1 aromatic carbocycles. The second-order valence-corrected chi connectivity index (χ2v) is 7.83. The average molecular weight is 405 g/mol. The quantitative estimate of drug-likeness (QED) is 0.380. The molecule has 1 aliphatic rings. The first-order valence-corrected chi connectivity index (χ1v) is 9.96. The van der Waals surface area contributed by atoms with Crippen molar-refractivity contribution in [1.82, 2.24) is 14.3 Å². The molecule has 1 aliphatic heterocycles. The number of Topliss-reactive ketones (excluding diaryl/α,β-unsaturated/α-hetero) is 1. The van der Waals surface area contributed by atoms with E-state index in [0.29, 0.717) is 30.1 Å². The first-order chi connectivity index (χ1) is 14.4. The maximum Gasteiger partial charge on any atom is 0.295 e. The molecule has 1 atom stereocenters. The Labute approximate surface area is 174 Å². The largest absolute Gasteiger partial charge is 0.505 e. The molecule has 0 saturated carbocycles. The zero-order valence-electron chi connectivity index (χ0n) is 17.3. The summed E-state index contributed by atoms with van der Waals surface area (Å²) in [5.41, 5.74) is 2.59. The number of aliphatic hydroxyl groups excluding tert-OH is 1. The van der Waals surface area contributed by atoms with Crippen molar-refractivity contribution >= 4 is 23.1 Å². The zero-order chi connectivity index (χ0) is 21.4. The number of imidazole rings is 1. The van der Waals surface area contributed by atoms with E-state index in [-0.39, 0.29) is 11.3 Å². The molecular formula is C23H25N4O3+. The fraction of sp³-hybridized carbons (Fsp3) is 0.261. The van der Waals surface area contributed by atoms with Gasteiger partial charge in [0, 0.05) is 6.20 Å². The van der Waals surface area contributed by atoms with Gasteiger partial charge in [0.1, 0.15) is 11.3 Å². The molecule has 3 aromatic rings. The number of fused-ring (bicyclic) bond motifs is 1. The highest BCUT2D eigenvalue weighted by Gasteiger charge is 2.46. The number of amides is 1. The number of quaternary nitrogens is 1. The van der Waals surface area contributed by atoms with E-state index in [1.165, 1.54) is 4.90 Å². The molecule has 2 aromatic heterocycles. The molecule has 0 radical (unpaired) electrons. The van der Waals surface area contributed by atoms with E-state index < -0.39 is 17.7 Å². The Kier molecular flexibility index (Phi) is 5.13. The third-order valence-corrected chi connectivity index (χ3v) is 5.44. The van der Waals surface area contributed by atoms with Crippen LogP contribution in [0, 0.1) is 6.92 Å². The first kappa shape index (κ1) is 19.8. The van der Waals surface area contributed by atoms with Gasteiger partial charge in [-0.15, -0.1) is 0 Å². The normalized spacial score (nSPS) is 18.7. The summed E-state index contributed by atoms with van der Waals surface area (Å²) in [7, 11) is 3.99. The summed E-state index contributed by atoms with van der Waals surface area (Å²) in [6.45, 7) is 2.88. The molecule has 0 bridgehead atoms. The van der Waals surface area contributed by atoms with Crippen molar-refractivity contribution in [2.24, 2.45) is 0 Å². The third-order valence-electron chi connectivity index (χ3n) is 5.44. The van der Waals surface area contributed by atoms with Crippen molar-refractivity contribution < 1.29 is 19.6 Å². The molecule has 0 aliphatic carbocycles. The number of carbonyl (C=O) groups is 2. The maximum atomic E-state index is 13.1. The highest BCUT2D eigenvalue weighted by molar-refractivity contribution is 6.46. The van der Waals surface area contributed by atoms with Crippen LogP contribution in [0.2, 0.25) is 0 Å². The number of likely N-dealkylation sites (N-methyl/N-ethyl adjacent to an activating group) is 1. The number of pyridine rings is 1. The predicted molar refractivity (Wildman–Crippen MR) is 113 cm³/mol. The second kappa shape index (κ2) is 7.76. The molecule has 3 heterocycles. The molecule has 154 valence electrons. The number of aryl methyl sites for hydroxylation is 1. The van der Waals surface area contributed by atoms with Gasteiger partial charge in [-0.25, -0.2) is 4.98 Å². The molecule has 0 spiro atoms. The van der Waals surface area contributed by atoms with Crippen LogP contribution in [-0.2, 0) is 9.59 Å². The second-order valence-electron chi connectivity index (χ2n) is 7.83. The lowest BCUT2D eigenvalue weighted by Gasteiger charge is -2.25. The number of nitrogens with zero attached hydrogens (tertiary/aromatic N) is 3. The number of nitrogens with one attached hydrogen (secondary N) is 1. The van der Waals surface area contributed by atoms with Gasteiger partial charge in [-0.2, -0.15) is 0 Å². The highest BCUT2D eigenvalue weighted by Crippen LogP contribution is 2.39. The molecule has 0 unspecified atom stereocenters. The van der Waals surface area contributed by atoms with Crippen molar-refractivity contribution in [2.45, 2.75) is 13.0 Å². The van der Waals surface area contributed by atoms with Crippen LogP contribution in [-0.4, -0.2) is 58.3 Å². The Morgan fingerprint density at radius 3 is 2.50 bits per heavy atom. The Bertz CT molecular complexity index is 1150. The van der Waals surface area contributed by atoms with E-state index in [2.05, 4.69) is 4.98 Å². The summed E-state index contributed by atoms with van der Waals surface area (Å²) >= 11 is 0. The van der Waals surface area contributed by atoms with Crippen molar-refractivity contribution in [3.8, 4) is 0 Å². The van der Waals surface area contributed by atoms with E-state index in [1.54, 1.807) is 22.4 Å². The maximum absolute atomic E-state index is 13.1. The lowest BCUT2D eigenvalue weighted by molar-refractivity contribution is -0.857. The van der Waals surface area contributed by atoms with Crippen LogP contribution in [0.1, 0.15) is 23.0 Å². The van der Waals surface area contributed by atoms with Gasteiger partial charge >= 0.3 is 0 Å². The smallest absolute Gasteiger partial charge is 0.295 e. The summed E-state index contributed by atoms with van der Waals surface area (Å²) in [4.78, 5) is 33.2. The van der Waals surface area contributed by atoms with E-state index in [1.807, 2.05) is 62.6 Å². The molecule has 1 saturated heterocycles. The van der Waals surface area contributed by atoms with Crippen LogP contribution in [0.25, 0.3) is 11.4 Å². The lowest BCUT2D eigenvalue weighted by Crippen LogP contribution is -3.06. The zero-order valence-corrected chi connectivity index (χ0v) is 17.3. The summed E-state index contributed by atoms with van der Waals surface area (Å²) < 4.78 is 1.74. The number of likely N-dealkylation sites (tertiary alicyclic amines) is 1. The molecule has 1 amide bonds. The van der Waals surface area contributed by atoms with Crippen molar-refractivity contribution in [1.29, 1.82) is 0 Å². The van der Waals surface area contributed by atoms with Gasteiger partial charge in [-0.1, -0.05) is 36.4 Å². The van der Waals surface area contributed by atoms with Crippen molar-refractivity contribution in [3.63, 3.8) is 0 Å². The Morgan fingerprint density at radius 1 is 1.10 bits per heavy atom. The first-order valence-electron chi connectivity index (χ1n) is 9.96. The molecule has 7 nitrogen and oxygen atoms in total. The van der Waals surface area contributed by atoms with Crippen molar-refractivity contribution in [2.75, 3.05) is 27.2 Å². The molecular weight excluding hydrogens is 380 g/mol. The van der Waals surface area contributed by atoms with Crippen LogP contribution < -0.4 is 4.90 Å². The topological polar surface area (TPSA) is 79.3 Å². The predicted octanol–water partition coefficient (Wildman–Crippen LogP) is 1.21. The van der Waals surface area contributed by atoms with Gasteiger partial charge in [0.15, 0.2) is 5.76 Å². The van der Waals surface area contributed by atoms with Crippen molar-refractivity contribution in [3.05, 3.63) is 77.3 Å². The van der Waals surface area contributed by atoms with Gasteiger partial charge < -0.3 is 14.9 Å². The minimum Gasteiger partial charge on any atom is -0.505 e. The molecule has 4 rings (SSSR count). The lowest BCUT2D eigenvalue weighted by atomic mass is 9.96. The van der Waals surface area contributed by atoms with Crippen LogP contribution in [0.15, 0.2) is 60.3 Å². The van der Waals surface area contributed by atoms with Gasteiger partial charge in [-0.3, -0.25) is 14.0 Å². The van der Waals surface area contributed by atoms with E-state index >= 15 is 0 Å². The van der Waals surface area contributed by atoms with Gasteiger partial charge in [0.2, 0.25) is 0 Å². The fourth-order valence-electron chi connectivity index (χ4n) is 3.96. The van der Waals surface area contributed by atoms with E-state index in [9.17, 15) is 14.7 Å². The number of hydrogen-bond donors (Lipinski definition) is 2. The number of carbonyl (C=O) groups excluding carboxylic acids is 2. The average Bonchev–Trinajstić information content (AvgIpc) is 3.20. The van der Waals surface area contributed by atoms with Crippen LogP contribution in [0.5, 0.6) is 0 Å². The standard InChI is InChI=1S/C23H24N4O3/c1-15-19(26-12-8-7-11-17(26)24-15)21(28)18-20(16-9-5-4-6-10-16)27(14-13-25(2)3)23(30)22(18)29/h4-12,20,28H,13-14H2,1-3H3/p+1/t20-/m0/s1. The Balaban J connectivity index is 1.92. The monoisotopic (exact) mass is 405 g/mol. The SMILES string of the molecule is Cc1nc2ccccn2c1C(O)=C1C(=O)C(=O)N(CC[NH+](C)C)[C@H]1c1ccccc1. The third kappa shape index (κ3) is 3.27. The van der Waals surface area contributed by atoms with Gasteiger partial charge in [0.05, 0.1) is 44.5 Å². The van der Waals surface area contributed by atoms with E-state index in [0.717, 1.165) is 5.56 Å². The molecule has 7 heteroatoms. The molecule has 2 N–H and O–H groups in total. The Hall–Kier alpha value is -3.45. The number of aromatic nitrogens is 2. The van der Waals surface area contributed by atoms with Gasteiger partial charge in [-0.05, 0) is 24.6 Å². The Morgan fingerprint density at radius 2 is 1.80 bits per heavy atom. The molecule has 30 heavy (non-hydrogen) atoms. The fourth-order valence-corrected chi connectivity index (χ4v) is 3.96. The summed E-state index contributed by atoms with van der Waals surface area (Å²) in [5, 5.41) is 11.3. The minimum absolute atomic E-state index is 0.105. The number of ketones is 1. The van der Waals surface area contributed by atoms with Crippen LogP contribution in [0.3, 0.4) is 0 Å². The highest BCUT2D eigenvalue weighted by atomic mass is 16.3. The summed E-state index contributed by atoms with van der Waals surface area (Å²) in [6, 6.07) is 14.3. The van der Waals surface area contributed by atoms with Crippen LogP contribution in [0.4, 0.5) is 0 Å². The molecule has 1 fully saturated rings. The number of aliphatic hydroxyl groups is 1.